The molecular formula is C20H28ClN3O. The number of anilines is 1. The van der Waals surface area contributed by atoms with Gasteiger partial charge in [-0.2, -0.15) is 0 Å². The van der Waals surface area contributed by atoms with Gasteiger partial charge in [-0.1, -0.05) is 43.3 Å². The number of likely N-dealkylation sites (tertiary alicyclic amines) is 1. The van der Waals surface area contributed by atoms with Crippen molar-refractivity contribution in [2.45, 2.75) is 20.3 Å². The second kappa shape index (κ2) is 8.17. The Morgan fingerprint density at radius 1 is 1.24 bits per heavy atom. The summed E-state index contributed by atoms with van der Waals surface area (Å²) in [6.07, 6.45) is 1.07. The minimum absolute atomic E-state index is 0. The molecule has 136 valence electrons. The van der Waals surface area contributed by atoms with Crippen LogP contribution in [0.25, 0.3) is 10.8 Å². The first kappa shape index (κ1) is 19.7. The highest BCUT2D eigenvalue weighted by Gasteiger charge is 2.33. The van der Waals surface area contributed by atoms with Crippen molar-refractivity contribution >= 4 is 34.8 Å². The van der Waals surface area contributed by atoms with Crippen LogP contribution in [0.15, 0.2) is 42.5 Å². The molecular weight excluding hydrogens is 334 g/mol. The third-order valence-electron chi connectivity index (χ3n) is 5.16. The van der Waals surface area contributed by atoms with Crippen LogP contribution in [-0.2, 0) is 4.79 Å². The number of carbonyl (C=O) groups excluding carboxylic acids is 1. The Bertz CT molecular complexity index is 730. The summed E-state index contributed by atoms with van der Waals surface area (Å²) in [4.78, 5) is 17.1. The van der Waals surface area contributed by atoms with Crippen molar-refractivity contribution in [3.8, 4) is 0 Å². The van der Waals surface area contributed by atoms with Crippen LogP contribution >= 0.6 is 12.4 Å². The van der Waals surface area contributed by atoms with Crippen molar-refractivity contribution in [3.05, 3.63) is 42.5 Å². The quantitative estimate of drug-likeness (QED) is 0.889. The predicted molar refractivity (Wildman–Crippen MR) is 107 cm³/mol. The zero-order valence-electron chi connectivity index (χ0n) is 15.1. The molecule has 3 rings (SSSR count). The molecule has 0 saturated carbocycles. The van der Waals surface area contributed by atoms with Gasteiger partial charge < -0.3 is 10.6 Å². The van der Waals surface area contributed by atoms with Gasteiger partial charge in [-0.15, -0.1) is 12.4 Å². The second-order valence-electron chi connectivity index (χ2n) is 7.11. The number of halogens is 1. The van der Waals surface area contributed by atoms with Gasteiger partial charge in [-0.25, -0.2) is 0 Å². The number of carbonyl (C=O) groups is 1. The number of nitrogens with zero attached hydrogens (tertiary/aromatic N) is 2. The lowest BCUT2D eigenvalue weighted by Gasteiger charge is -2.26. The Balaban J connectivity index is 0.00000225. The van der Waals surface area contributed by atoms with E-state index in [4.69, 9.17) is 5.73 Å². The van der Waals surface area contributed by atoms with E-state index < -0.39 is 0 Å². The summed E-state index contributed by atoms with van der Waals surface area (Å²) in [7, 11) is 0. The summed E-state index contributed by atoms with van der Waals surface area (Å²) in [5.74, 6) is 0.162. The summed E-state index contributed by atoms with van der Waals surface area (Å²) in [6.45, 7) is 7.92. The molecule has 5 heteroatoms. The van der Waals surface area contributed by atoms with Crippen molar-refractivity contribution in [2.75, 3.05) is 37.6 Å². The van der Waals surface area contributed by atoms with E-state index >= 15 is 0 Å². The van der Waals surface area contributed by atoms with Crippen LogP contribution in [0.1, 0.15) is 20.3 Å². The molecule has 1 aliphatic heterocycles. The molecule has 0 aliphatic carbocycles. The summed E-state index contributed by atoms with van der Waals surface area (Å²) < 4.78 is 0. The first-order valence-corrected chi connectivity index (χ1v) is 8.77. The smallest absolute Gasteiger partial charge is 0.241 e. The third kappa shape index (κ3) is 4.14. The normalized spacial score (nSPS) is 20.4. The molecule has 0 bridgehead atoms. The largest absolute Gasteiger partial charge is 0.330 e. The molecule has 1 atom stereocenters. The number of amides is 1. The monoisotopic (exact) mass is 361 g/mol. The number of hydrogen-bond donors (Lipinski definition) is 1. The van der Waals surface area contributed by atoms with E-state index in [9.17, 15) is 4.79 Å². The molecule has 1 unspecified atom stereocenters. The molecule has 2 N–H and O–H groups in total. The van der Waals surface area contributed by atoms with E-state index in [2.05, 4.69) is 30.0 Å². The molecule has 1 heterocycles. The van der Waals surface area contributed by atoms with Gasteiger partial charge in [-0.05, 0) is 43.3 Å². The van der Waals surface area contributed by atoms with Gasteiger partial charge in [0, 0.05) is 18.5 Å². The molecule has 1 aliphatic rings. The fourth-order valence-corrected chi connectivity index (χ4v) is 3.63. The van der Waals surface area contributed by atoms with Crippen LogP contribution in [0.2, 0.25) is 0 Å². The molecule has 1 saturated heterocycles. The Labute approximate surface area is 156 Å². The van der Waals surface area contributed by atoms with Crippen LogP contribution in [0.5, 0.6) is 0 Å². The average molecular weight is 362 g/mol. The number of hydrogen-bond acceptors (Lipinski definition) is 3. The molecule has 25 heavy (non-hydrogen) atoms. The number of rotatable bonds is 5. The lowest BCUT2D eigenvalue weighted by Crippen LogP contribution is -2.41. The van der Waals surface area contributed by atoms with Gasteiger partial charge >= 0.3 is 0 Å². The fourth-order valence-electron chi connectivity index (χ4n) is 3.63. The Hall–Kier alpha value is -1.62. The van der Waals surface area contributed by atoms with Crippen LogP contribution in [-0.4, -0.2) is 43.5 Å². The minimum Gasteiger partial charge on any atom is -0.330 e. The van der Waals surface area contributed by atoms with Crippen LogP contribution < -0.4 is 10.6 Å². The third-order valence-corrected chi connectivity index (χ3v) is 5.16. The highest BCUT2D eigenvalue weighted by Crippen LogP contribution is 2.30. The number of benzene rings is 2. The van der Waals surface area contributed by atoms with Gasteiger partial charge in [0.15, 0.2) is 0 Å². The van der Waals surface area contributed by atoms with Crippen molar-refractivity contribution in [1.29, 1.82) is 0 Å². The summed E-state index contributed by atoms with van der Waals surface area (Å²) >= 11 is 0. The van der Waals surface area contributed by atoms with Crippen molar-refractivity contribution in [2.24, 2.45) is 11.1 Å². The molecule has 2 aromatic rings. The maximum absolute atomic E-state index is 12.9. The molecule has 0 aromatic heterocycles. The molecule has 2 aromatic carbocycles. The topological polar surface area (TPSA) is 49.6 Å². The van der Waals surface area contributed by atoms with E-state index in [0.717, 1.165) is 36.0 Å². The summed E-state index contributed by atoms with van der Waals surface area (Å²) in [6, 6.07) is 14.4. The highest BCUT2D eigenvalue weighted by molar-refractivity contribution is 6.04. The molecule has 1 amide bonds. The van der Waals surface area contributed by atoms with Gasteiger partial charge in [0.25, 0.3) is 0 Å². The van der Waals surface area contributed by atoms with Gasteiger partial charge in [0.05, 0.1) is 12.2 Å². The SMILES string of the molecule is CCN(C(=O)CN1CCC(C)(CN)C1)c1cccc2ccccc12.Cl. The zero-order chi connectivity index (χ0) is 17.2. The van der Waals surface area contributed by atoms with Crippen LogP contribution in [0, 0.1) is 5.41 Å². The lowest BCUT2D eigenvalue weighted by atomic mass is 9.90. The van der Waals surface area contributed by atoms with Crippen molar-refractivity contribution < 1.29 is 4.79 Å². The predicted octanol–water partition coefficient (Wildman–Crippen LogP) is 3.29. The minimum atomic E-state index is 0. The Morgan fingerprint density at radius 2 is 1.96 bits per heavy atom. The first-order valence-electron chi connectivity index (χ1n) is 8.77. The fraction of sp³-hybridized carbons (Fsp3) is 0.450. The lowest BCUT2D eigenvalue weighted by molar-refractivity contribution is -0.119. The molecule has 0 radical (unpaired) electrons. The Kier molecular flexibility index (Phi) is 6.44. The van der Waals surface area contributed by atoms with E-state index in [0.29, 0.717) is 19.6 Å². The number of fused-ring (bicyclic) bond motifs is 1. The summed E-state index contributed by atoms with van der Waals surface area (Å²) in [5.41, 5.74) is 7.03. The highest BCUT2D eigenvalue weighted by atomic mass is 35.5. The van der Waals surface area contributed by atoms with E-state index in [-0.39, 0.29) is 23.7 Å². The second-order valence-corrected chi connectivity index (χ2v) is 7.11. The zero-order valence-corrected chi connectivity index (χ0v) is 15.9. The summed E-state index contributed by atoms with van der Waals surface area (Å²) in [5, 5.41) is 2.29. The van der Waals surface area contributed by atoms with E-state index in [1.165, 1.54) is 0 Å². The number of nitrogens with two attached hydrogens (primary N) is 1. The van der Waals surface area contributed by atoms with Gasteiger partial charge in [0.1, 0.15) is 0 Å². The van der Waals surface area contributed by atoms with Gasteiger partial charge in [0.2, 0.25) is 5.91 Å². The molecule has 4 nitrogen and oxygen atoms in total. The standard InChI is InChI=1S/C20H27N3O.ClH/c1-3-23(18-10-6-8-16-7-4-5-9-17(16)18)19(24)13-22-12-11-20(2,14-21)15-22;/h4-10H,3,11-15,21H2,1-2H3;1H. The maximum atomic E-state index is 12.9. The number of likely N-dealkylation sites (N-methyl/N-ethyl adjacent to an activating group) is 1. The van der Waals surface area contributed by atoms with Crippen LogP contribution in [0.4, 0.5) is 5.69 Å². The molecule has 0 spiro atoms. The van der Waals surface area contributed by atoms with E-state index in [1.807, 2.05) is 36.1 Å². The molecule has 1 fully saturated rings. The average Bonchev–Trinajstić information content (AvgIpc) is 2.97. The van der Waals surface area contributed by atoms with Gasteiger partial charge in [-0.3, -0.25) is 9.69 Å². The first-order chi connectivity index (χ1) is 11.6. The van der Waals surface area contributed by atoms with Crippen molar-refractivity contribution in [1.82, 2.24) is 4.90 Å². The van der Waals surface area contributed by atoms with E-state index in [1.54, 1.807) is 0 Å². The maximum Gasteiger partial charge on any atom is 0.241 e. The Morgan fingerprint density at radius 3 is 2.64 bits per heavy atom. The van der Waals surface area contributed by atoms with Crippen molar-refractivity contribution in [3.63, 3.8) is 0 Å². The van der Waals surface area contributed by atoms with Crippen LogP contribution in [0.3, 0.4) is 0 Å².